The highest BCUT2D eigenvalue weighted by atomic mass is 19.1. The maximum atomic E-state index is 13.4. The van der Waals surface area contributed by atoms with E-state index in [1.165, 1.54) is 11.6 Å². The maximum Gasteiger partial charge on any atom is 0.123 e. The summed E-state index contributed by atoms with van der Waals surface area (Å²) >= 11 is 0. The summed E-state index contributed by atoms with van der Waals surface area (Å²) in [6, 6.07) is 17.9. The summed E-state index contributed by atoms with van der Waals surface area (Å²) < 4.78 is 13.4. The largest absolute Gasteiger partial charge is 0.303 e. The maximum absolute atomic E-state index is 13.4. The van der Waals surface area contributed by atoms with Crippen LogP contribution in [0.4, 0.5) is 4.39 Å². The van der Waals surface area contributed by atoms with Gasteiger partial charge < -0.3 is 5.32 Å². The molecule has 2 rings (SSSR count). The highest BCUT2D eigenvalue weighted by Gasteiger charge is 2.16. The molecule has 0 radical (unpaired) electrons. The molecule has 0 aliphatic carbocycles. The Morgan fingerprint density at radius 1 is 0.905 bits per heavy atom. The van der Waals surface area contributed by atoms with Gasteiger partial charge in [-0.05, 0) is 36.1 Å². The van der Waals surface area contributed by atoms with E-state index >= 15 is 0 Å². The van der Waals surface area contributed by atoms with Crippen LogP contribution in [0.3, 0.4) is 0 Å². The van der Waals surface area contributed by atoms with Gasteiger partial charge in [0, 0.05) is 12.1 Å². The molecule has 0 aliphatic heterocycles. The molecule has 2 aromatic rings. The molecule has 2 aromatic carbocycles. The van der Waals surface area contributed by atoms with Crippen LogP contribution in [-0.4, -0.2) is 0 Å². The minimum atomic E-state index is -0.167. The topological polar surface area (TPSA) is 12.0 Å². The summed E-state index contributed by atoms with van der Waals surface area (Å²) in [5.41, 5.74) is 2.32. The van der Waals surface area contributed by atoms with Crippen molar-refractivity contribution < 1.29 is 4.39 Å². The second-order valence-corrected chi connectivity index (χ2v) is 5.43. The number of hydrogen-bond donors (Lipinski definition) is 1. The third-order valence-corrected chi connectivity index (χ3v) is 3.84. The summed E-state index contributed by atoms with van der Waals surface area (Å²) in [7, 11) is 0. The summed E-state index contributed by atoms with van der Waals surface area (Å²) in [5, 5.41) is 3.70. The quantitative estimate of drug-likeness (QED) is 0.717. The van der Waals surface area contributed by atoms with Crippen molar-refractivity contribution in [1.82, 2.24) is 5.32 Å². The molecule has 2 heteroatoms. The first-order valence-electron chi connectivity index (χ1n) is 7.81. The lowest BCUT2D eigenvalue weighted by atomic mass is 9.98. The Morgan fingerprint density at radius 3 is 2.24 bits per heavy atom. The number of hydrogen-bond acceptors (Lipinski definition) is 1. The fraction of sp³-hybridized carbons (Fsp3) is 0.368. The third-order valence-electron chi connectivity index (χ3n) is 3.84. The molecule has 0 saturated carbocycles. The van der Waals surface area contributed by atoms with Crippen molar-refractivity contribution in [3.8, 4) is 0 Å². The Kier molecular flexibility index (Phi) is 5.94. The summed E-state index contributed by atoms with van der Waals surface area (Å²) in [5.74, 6) is -0.167. The van der Waals surface area contributed by atoms with Crippen molar-refractivity contribution in [1.29, 1.82) is 0 Å². The molecule has 0 heterocycles. The Hall–Kier alpha value is -1.67. The highest BCUT2D eigenvalue weighted by Crippen LogP contribution is 2.25. The van der Waals surface area contributed by atoms with Crippen LogP contribution in [0.2, 0.25) is 0 Å². The first-order valence-corrected chi connectivity index (χ1v) is 7.81. The number of rotatable bonds is 7. The zero-order valence-electron chi connectivity index (χ0n) is 12.9. The Bertz CT molecular complexity index is 538. The van der Waals surface area contributed by atoms with E-state index in [0.29, 0.717) is 6.04 Å². The molecule has 0 aliphatic rings. The predicted molar refractivity (Wildman–Crippen MR) is 86.7 cm³/mol. The molecular formula is C19H24FN. The van der Waals surface area contributed by atoms with Crippen molar-refractivity contribution in [2.45, 2.75) is 45.2 Å². The standard InChI is InChI=1S/C19H24FN/c1-3-9-19(15-10-6-5-7-11-15)21-18(4-2)16-12-8-13-17(20)14-16/h5-8,10-14,18-19,21H,3-4,9H2,1-2H3. The molecule has 0 bridgehead atoms. The van der Waals surface area contributed by atoms with E-state index < -0.39 is 0 Å². The Balaban J connectivity index is 2.18. The van der Waals surface area contributed by atoms with Gasteiger partial charge in [-0.2, -0.15) is 0 Å². The average molecular weight is 285 g/mol. The molecule has 2 unspecified atom stereocenters. The Labute approximate surface area is 127 Å². The zero-order chi connectivity index (χ0) is 15.1. The number of halogens is 1. The van der Waals surface area contributed by atoms with Crippen LogP contribution < -0.4 is 5.32 Å². The van der Waals surface area contributed by atoms with E-state index in [9.17, 15) is 4.39 Å². The highest BCUT2D eigenvalue weighted by molar-refractivity contribution is 5.23. The monoisotopic (exact) mass is 285 g/mol. The predicted octanol–water partition coefficient (Wildman–Crippen LogP) is 5.41. The first kappa shape index (κ1) is 15.7. The molecule has 0 saturated heterocycles. The van der Waals surface area contributed by atoms with Crippen LogP contribution in [0.5, 0.6) is 0 Å². The van der Waals surface area contributed by atoms with Gasteiger partial charge in [-0.25, -0.2) is 4.39 Å². The van der Waals surface area contributed by atoms with E-state index in [2.05, 4.69) is 43.4 Å². The van der Waals surface area contributed by atoms with Crippen molar-refractivity contribution in [2.24, 2.45) is 0 Å². The Morgan fingerprint density at radius 2 is 1.62 bits per heavy atom. The van der Waals surface area contributed by atoms with Crippen LogP contribution in [-0.2, 0) is 0 Å². The van der Waals surface area contributed by atoms with Gasteiger partial charge in [0.1, 0.15) is 5.82 Å². The minimum Gasteiger partial charge on any atom is -0.303 e. The van der Waals surface area contributed by atoms with Gasteiger partial charge in [-0.3, -0.25) is 0 Å². The lowest BCUT2D eigenvalue weighted by molar-refractivity contribution is 0.411. The number of benzene rings is 2. The van der Waals surface area contributed by atoms with Crippen LogP contribution in [0.25, 0.3) is 0 Å². The van der Waals surface area contributed by atoms with E-state index in [1.54, 1.807) is 12.1 Å². The van der Waals surface area contributed by atoms with Crippen molar-refractivity contribution >= 4 is 0 Å². The van der Waals surface area contributed by atoms with Gasteiger partial charge in [0.25, 0.3) is 0 Å². The van der Waals surface area contributed by atoms with E-state index in [4.69, 9.17) is 0 Å². The van der Waals surface area contributed by atoms with E-state index in [1.807, 2.05) is 12.1 Å². The van der Waals surface area contributed by atoms with Crippen LogP contribution >= 0.6 is 0 Å². The van der Waals surface area contributed by atoms with E-state index in [0.717, 1.165) is 24.8 Å². The molecule has 0 spiro atoms. The molecular weight excluding hydrogens is 261 g/mol. The van der Waals surface area contributed by atoms with Crippen molar-refractivity contribution in [3.05, 3.63) is 71.5 Å². The molecule has 112 valence electrons. The van der Waals surface area contributed by atoms with Gasteiger partial charge >= 0.3 is 0 Å². The van der Waals surface area contributed by atoms with Crippen molar-refractivity contribution in [3.63, 3.8) is 0 Å². The minimum absolute atomic E-state index is 0.167. The average Bonchev–Trinajstić information content (AvgIpc) is 2.52. The lowest BCUT2D eigenvalue weighted by Gasteiger charge is -2.26. The first-order chi connectivity index (χ1) is 10.2. The fourth-order valence-corrected chi connectivity index (χ4v) is 2.74. The lowest BCUT2D eigenvalue weighted by Crippen LogP contribution is -2.26. The van der Waals surface area contributed by atoms with Crippen LogP contribution in [0.1, 0.15) is 56.3 Å². The van der Waals surface area contributed by atoms with Gasteiger partial charge in [-0.1, -0.05) is 62.7 Å². The van der Waals surface area contributed by atoms with Gasteiger partial charge in [-0.15, -0.1) is 0 Å². The normalized spacial score (nSPS) is 13.9. The smallest absolute Gasteiger partial charge is 0.123 e. The molecule has 1 N–H and O–H groups in total. The molecule has 0 fully saturated rings. The second kappa shape index (κ2) is 7.94. The molecule has 0 amide bonds. The van der Waals surface area contributed by atoms with Gasteiger partial charge in [0.2, 0.25) is 0 Å². The summed E-state index contributed by atoms with van der Waals surface area (Å²) in [6.07, 6.45) is 3.14. The molecule has 1 nitrogen and oxygen atoms in total. The van der Waals surface area contributed by atoms with Gasteiger partial charge in [0.15, 0.2) is 0 Å². The summed E-state index contributed by atoms with van der Waals surface area (Å²) in [4.78, 5) is 0. The molecule has 0 aromatic heterocycles. The van der Waals surface area contributed by atoms with E-state index in [-0.39, 0.29) is 11.9 Å². The van der Waals surface area contributed by atoms with Crippen LogP contribution in [0, 0.1) is 5.82 Å². The van der Waals surface area contributed by atoms with Gasteiger partial charge in [0.05, 0.1) is 0 Å². The summed E-state index contributed by atoms with van der Waals surface area (Å²) in [6.45, 7) is 4.33. The molecule has 2 atom stereocenters. The van der Waals surface area contributed by atoms with Crippen molar-refractivity contribution in [2.75, 3.05) is 0 Å². The fourth-order valence-electron chi connectivity index (χ4n) is 2.74. The SMILES string of the molecule is CCCC(NC(CC)c1cccc(F)c1)c1ccccc1. The molecule has 21 heavy (non-hydrogen) atoms. The van der Waals surface area contributed by atoms with Crippen LogP contribution in [0.15, 0.2) is 54.6 Å². The number of nitrogens with one attached hydrogen (secondary N) is 1. The zero-order valence-corrected chi connectivity index (χ0v) is 12.9. The third kappa shape index (κ3) is 4.40. The second-order valence-electron chi connectivity index (χ2n) is 5.43.